The first kappa shape index (κ1) is 16.9. The molecule has 0 unspecified atom stereocenters. The highest BCUT2D eigenvalue weighted by atomic mass is 32.2. The van der Waals surface area contributed by atoms with E-state index in [1.165, 1.54) is 11.1 Å². The lowest BCUT2D eigenvalue weighted by molar-refractivity contribution is 0.866. The Morgan fingerprint density at radius 2 is 1.77 bits per heavy atom. The summed E-state index contributed by atoms with van der Waals surface area (Å²) in [7, 11) is 0. The number of hydrogen-bond donors (Lipinski definition) is 0. The highest BCUT2D eigenvalue weighted by Crippen LogP contribution is 2.28. The Hall–Kier alpha value is -2.59. The number of hydrogen-bond acceptors (Lipinski definition) is 3. The number of rotatable bonds is 5. The van der Waals surface area contributed by atoms with Gasteiger partial charge in [-0.2, -0.15) is 5.10 Å². The number of aromatic nitrogens is 3. The molecule has 0 aliphatic heterocycles. The van der Waals surface area contributed by atoms with Gasteiger partial charge in [0.15, 0.2) is 0 Å². The van der Waals surface area contributed by atoms with Crippen molar-refractivity contribution in [3.8, 4) is 11.3 Å². The van der Waals surface area contributed by atoms with Crippen molar-refractivity contribution in [1.82, 2.24) is 14.6 Å². The van der Waals surface area contributed by atoms with E-state index in [1.807, 2.05) is 23.0 Å². The Morgan fingerprint density at radius 1 is 1.00 bits per heavy atom. The molecule has 4 heteroatoms. The van der Waals surface area contributed by atoms with Crippen molar-refractivity contribution in [3.05, 3.63) is 84.2 Å². The third-order valence-electron chi connectivity index (χ3n) is 4.45. The van der Waals surface area contributed by atoms with Crippen molar-refractivity contribution in [1.29, 1.82) is 0 Å². The maximum absolute atomic E-state index is 4.74. The number of thioether (sulfide) groups is 1. The zero-order valence-electron chi connectivity index (χ0n) is 15.0. The molecule has 0 bridgehead atoms. The van der Waals surface area contributed by atoms with Crippen molar-refractivity contribution in [3.63, 3.8) is 0 Å². The van der Waals surface area contributed by atoms with Crippen molar-refractivity contribution >= 4 is 17.3 Å². The molecule has 0 saturated carbocycles. The summed E-state index contributed by atoms with van der Waals surface area (Å²) in [5.41, 5.74) is 5.81. The topological polar surface area (TPSA) is 30.2 Å². The van der Waals surface area contributed by atoms with Crippen LogP contribution in [0.1, 0.15) is 30.9 Å². The van der Waals surface area contributed by atoms with Crippen LogP contribution in [0.5, 0.6) is 0 Å². The quantitative estimate of drug-likeness (QED) is 0.421. The summed E-state index contributed by atoms with van der Waals surface area (Å²) in [6.07, 6.45) is 3.73. The third-order valence-corrected chi connectivity index (χ3v) is 5.51. The van der Waals surface area contributed by atoms with E-state index in [1.54, 1.807) is 11.8 Å². The molecule has 0 atom stereocenters. The van der Waals surface area contributed by atoms with Crippen LogP contribution in [0.25, 0.3) is 16.8 Å². The maximum Gasteiger partial charge on any atom is 0.122 e. The molecule has 0 saturated heterocycles. The number of nitrogens with zero attached hydrogens (tertiary/aromatic N) is 3. The average Bonchev–Trinajstić information content (AvgIpc) is 3.12. The predicted octanol–water partition coefficient (Wildman–Crippen LogP) is 5.81. The van der Waals surface area contributed by atoms with E-state index in [0.29, 0.717) is 5.92 Å². The van der Waals surface area contributed by atoms with Crippen molar-refractivity contribution in [2.45, 2.75) is 30.5 Å². The van der Waals surface area contributed by atoms with Gasteiger partial charge in [-0.3, -0.25) is 0 Å². The second kappa shape index (κ2) is 7.34. The molecule has 130 valence electrons. The van der Waals surface area contributed by atoms with Gasteiger partial charge in [-0.15, -0.1) is 0 Å². The molecule has 2 aromatic heterocycles. The van der Waals surface area contributed by atoms with E-state index >= 15 is 0 Å². The minimum atomic E-state index is 0.537. The van der Waals surface area contributed by atoms with Gasteiger partial charge in [-0.1, -0.05) is 80.2 Å². The van der Waals surface area contributed by atoms with Crippen LogP contribution in [-0.2, 0) is 5.75 Å². The van der Waals surface area contributed by atoms with Crippen LogP contribution in [0.3, 0.4) is 0 Å². The fraction of sp³-hybridized carbons (Fsp3) is 0.182. The molecule has 26 heavy (non-hydrogen) atoms. The molecular formula is C22H21N3S. The van der Waals surface area contributed by atoms with Gasteiger partial charge in [-0.25, -0.2) is 9.50 Å². The normalized spacial score (nSPS) is 11.3. The van der Waals surface area contributed by atoms with Crippen LogP contribution >= 0.6 is 11.8 Å². The second-order valence-electron chi connectivity index (χ2n) is 6.64. The smallest absolute Gasteiger partial charge is 0.122 e. The molecule has 2 aromatic carbocycles. The Balaban J connectivity index is 1.62. The zero-order valence-corrected chi connectivity index (χ0v) is 15.8. The lowest BCUT2D eigenvalue weighted by Crippen LogP contribution is -1.91. The number of fused-ring (bicyclic) bond motifs is 1. The van der Waals surface area contributed by atoms with E-state index in [4.69, 9.17) is 5.10 Å². The van der Waals surface area contributed by atoms with Gasteiger partial charge in [-0.05, 0) is 23.1 Å². The number of benzene rings is 2. The Kier molecular flexibility index (Phi) is 4.76. The summed E-state index contributed by atoms with van der Waals surface area (Å²) in [5, 5.41) is 5.74. The molecule has 0 radical (unpaired) electrons. The first-order chi connectivity index (χ1) is 12.7. The highest BCUT2D eigenvalue weighted by molar-refractivity contribution is 7.98. The molecule has 4 rings (SSSR count). The maximum atomic E-state index is 4.74. The molecule has 3 nitrogen and oxygen atoms in total. The van der Waals surface area contributed by atoms with Crippen molar-refractivity contribution < 1.29 is 0 Å². The van der Waals surface area contributed by atoms with Gasteiger partial charge in [0.1, 0.15) is 5.03 Å². The van der Waals surface area contributed by atoms with Crippen molar-refractivity contribution in [2.24, 2.45) is 0 Å². The molecular weight excluding hydrogens is 338 g/mol. The first-order valence-corrected chi connectivity index (χ1v) is 9.81. The Bertz CT molecular complexity index is 1000. The molecule has 2 heterocycles. The van der Waals surface area contributed by atoms with Crippen LogP contribution in [0, 0.1) is 0 Å². The van der Waals surface area contributed by atoms with Crippen LogP contribution < -0.4 is 0 Å². The van der Waals surface area contributed by atoms with Crippen LogP contribution in [-0.4, -0.2) is 14.6 Å². The summed E-state index contributed by atoms with van der Waals surface area (Å²) in [6, 6.07) is 21.3. The fourth-order valence-electron chi connectivity index (χ4n) is 2.92. The SMILES string of the molecule is CC(C)c1ccc(-c2cc3c(SCc4ccccc4)nccn3n2)cc1. The van der Waals surface area contributed by atoms with E-state index in [2.05, 4.69) is 73.4 Å². The van der Waals surface area contributed by atoms with E-state index in [9.17, 15) is 0 Å². The Morgan fingerprint density at radius 3 is 2.50 bits per heavy atom. The largest absolute Gasteiger partial charge is 0.246 e. The van der Waals surface area contributed by atoms with Crippen LogP contribution in [0.4, 0.5) is 0 Å². The van der Waals surface area contributed by atoms with E-state index in [-0.39, 0.29) is 0 Å². The standard InChI is InChI=1S/C22H21N3S/c1-16(2)18-8-10-19(11-9-18)20-14-21-22(23-12-13-25(21)24-20)26-15-17-6-4-3-5-7-17/h3-14,16H,15H2,1-2H3. The monoisotopic (exact) mass is 359 g/mol. The molecule has 0 aliphatic carbocycles. The minimum Gasteiger partial charge on any atom is -0.246 e. The summed E-state index contributed by atoms with van der Waals surface area (Å²) in [4.78, 5) is 4.57. The third kappa shape index (κ3) is 3.51. The van der Waals surface area contributed by atoms with Gasteiger partial charge in [0.2, 0.25) is 0 Å². The lowest BCUT2D eigenvalue weighted by atomic mass is 10.0. The molecule has 0 spiro atoms. The summed E-state index contributed by atoms with van der Waals surface area (Å²) in [5.74, 6) is 1.44. The van der Waals surface area contributed by atoms with Crippen molar-refractivity contribution in [2.75, 3.05) is 0 Å². The summed E-state index contributed by atoms with van der Waals surface area (Å²) in [6.45, 7) is 4.42. The fourth-order valence-corrected chi connectivity index (χ4v) is 3.85. The zero-order chi connectivity index (χ0) is 17.9. The molecule has 0 aliphatic rings. The highest BCUT2D eigenvalue weighted by Gasteiger charge is 2.10. The van der Waals surface area contributed by atoms with Crippen LogP contribution in [0.15, 0.2) is 78.1 Å². The average molecular weight is 359 g/mol. The second-order valence-corrected chi connectivity index (χ2v) is 7.61. The summed E-state index contributed by atoms with van der Waals surface area (Å²) < 4.78 is 1.92. The molecule has 4 aromatic rings. The lowest BCUT2D eigenvalue weighted by Gasteiger charge is -2.05. The minimum absolute atomic E-state index is 0.537. The van der Waals surface area contributed by atoms with Gasteiger partial charge in [0.05, 0.1) is 11.2 Å². The predicted molar refractivity (Wildman–Crippen MR) is 109 cm³/mol. The van der Waals surface area contributed by atoms with Crippen LogP contribution in [0.2, 0.25) is 0 Å². The molecule has 0 fully saturated rings. The van der Waals surface area contributed by atoms with Gasteiger partial charge in [0, 0.05) is 23.7 Å². The Labute approximate surface area is 158 Å². The molecule has 0 N–H and O–H groups in total. The first-order valence-electron chi connectivity index (χ1n) is 8.82. The van der Waals surface area contributed by atoms with Gasteiger partial charge in [0.25, 0.3) is 0 Å². The summed E-state index contributed by atoms with van der Waals surface area (Å²) >= 11 is 1.75. The van der Waals surface area contributed by atoms with E-state index < -0.39 is 0 Å². The van der Waals surface area contributed by atoms with Gasteiger partial charge >= 0.3 is 0 Å². The van der Waals surface area contributed by atoms with E-state index in [0.717, 1.165) is 27.6 Å². The molecule has 0 amide bonds. The van der Waals surface area contributed by atoms with Gasteiger partial charge < -0.3 is 0 Å².